The molecule has 232 valence electrons. The van der Waals surface area contributed by atoms with E-state index in [-0.39, 0.29) is 48.5 Å². The highest BCUT2D eigenvalue weighted by Gasteiger charge is 2.24. The SMILES string of the molecule is Cl.N.N.N.N.Oc1ccc(N(c2ccc3ccccc3c2)c2nc(N3CCCCC3)nc(N3CCCCC3)n2)cc1.[HH].[HH].[HH].[HH]. The summed E-state index contributed by atoms with van der Waals surface area (Å²) in [5, 5.41) is 12.3. The summed E-state index contributed by atoms with van der Waals surface area (Å²) in [4.78, 5) is 21.8. The number of hydrogen-bond acceptors (Lipinski definition) is 11. The van der Waals surface area contributed by atoms with Crippen molar-refractivity contribution in [1.29, 1.82) is 0 Å². The van der Waals surface area contributed by atoms with Gasteiger partial charge in [0, 0.05) is 43.3 Å². The van der Waals surface area contributed by atoms with Crippen LogP contribution in [0.1, 0.15) is 44.2 Å². The highest BCUT2D eigenvalue weighted by atomic mass is 35.5. The molecule has 0 saturated carbocycles. The summed E-state index contributed by atoms with van der Waals surface area (Å²) in [5.41, 5.74) is 1.86. The molecule has 12 heteroatoms. The van der Waals surface area contributed by atoms with Gasteiger partial charge < -0.3 is 39.5 Å². The lowest BCUT2D eigenvalue weighted by atomic mass is 10.1. The monoisotopic (exact) mass is 592 g/mol. The molecule has 0 radical (unpaired) electrons. The fraction of sp³-hybridized carbons (Fsp3) is 0.345. The molecule has 0 atom stereocenters. The van der Waals surface area contributed by atoms with Crippen molar-refractivity contribution < 1.29 is 10.8 Å². The van der Waals surface area contributed by atoms with Crippen LogP contribution in [-0.2, 0) is 0 Å². The molecule has 4 aromatic rings. The first-order valence-corrected chi connectivity index (χ1v) is 13.1. The molecule has 0 amide bonds. The van der Waals surface area contributed by atoms with Crippen LogP contribution >= 0.6 is 12.4 Å². The molecule has 2 aliphatic rings. The molecule has 2 fully saturated rings. The van der Waals surface area contributed by atoms with Crippen LogP contribution in [0.3, 0.4) is 0 Å². The van der Waals surface area contributed by atoms with Gasteiger partial charge in [0.1, 0.15) is 5.75 Å². The minimum atomic E-state index is 0. The molecule has 1 aromatic heterocycles. The second-order valence-corrected chi connectivity index (χ2v) is 9.71. The summed E-state index contributed by atoms with van der Waals surface area (Å²) in [6, 6.07) is 22.0. The number of aromatic nitrogens is 3. The molecule has 0 unspecified atom stereocenters. The van der Waals surface area contributed by atoms with E-state index in [4.69, 9.17) is 15.0 Å². The summed E-state index contributed by atoms with van der Waals surface area (Å²) in [5.74, 6) is 2.35. The van der Waals surface area contributed by atoms with Crippen LogP contribution in [0.15, 0.2) is 66.7 Å². The van der Waals surface area contributed by atoms with Gasteiger partial charge in [0.25, 0.3) is 0 Å². The second kappa shape index (κ2) is 15.9. The minimum Gasteiger partial charge on any atom is -0.508 e. The first kappa shape index (κ1) is 35.3. The Morgan fingerprint density at radius 2 is 1.07 bits per heavy atom. The number of hydrogen-bond donors (Lipinski definition) is 5. The lowest BCUT2D eigenvalue weighted by Crippen LogP contribution is -2.35. The lowest BCUT2D eigenvalue weighted by molar-refractivity contribution is 0.475. The zero-order valence-corrected chi connectivity index (χ0v) is 24.6. The van der Waals surface area contributed by atoms with Gasteiger partial charge >= 0.3 is 0 Å². The van der Waals surface area contributed by atoms with E-state index in [0.717, 1.165) is 80.5 Å². The number of piperidine rings is 2. The Hall–Kier alpha value is -3.74. The topological polar surface area (TPSA) is 209 Å². The largest absolute Gasteiger partial charge is 0.508 e. The van der Waals surface area contributed by atoms with Gasteiger partial charge in [-0.25, -0.2) is 0 Å². The molecule has 6 rings (SSSR count). The summed E-state index contributed by atoms with van der Waals surface area (Å²) >= 11 is 0. The maximum atomic E-state index is 9.98. The third-order valence-electron chi connectivity index (χ3n) is 7.18. The Morgan fingerprint density at radius 3 is 1.61 bits per heavy atom. The number of fused-ring (bicyclic) bond motifs is 1. The Balaban J connectivity index is -0.000000934. The molecule has 3 aromatic carbocycles. The van der Waals surface area contributed by atoms with Gasteiger partial charge in [-0.2, -0.15) is 15.0 Å². The standard InChI is InChI=1S/C29H32N6O.ClH.4H3N.4H2/c36-26-15-13-24(14-16-26)35(25-12-11-22-9-3-4-10-23(22)21-25)29-31-27(33-17-5-1-6-18-33)30-28(32-29)34-19-7-2-8-20-34;;;;;;;;;/h3-4,9-16,21,36H,1-2,5-8,17-20H2;1H;4*1H3;4*1H. The van der Waals surface area contributed by atoms with Crippen LogP contribution in [-0.4, -0.2) is 46.2 Å². The molecule has 2 aliphatic heterocycles. The Morgan fingerprint density at radius 1 is 0.585 bits per heavy atom. The van der Waals surface area contributed by atoms with E-state index in [1.165, 1.54) is 18.2 Å². The molecule has 2 saturated heterocycles. The average Bonchev–Trinajstić information content (AvgIpc) is 2.95. The Labute approximate surface area is 254 Å². The van der Waals surface area contributed by atoms with Gasteiger partial charge in [-0.05, 0) is 85.7 Å². The first-order valence-electron chi connectivity index (χ1n) is 13.1. The summed E-state index contributed by atoms with van der Waals surface area (Å²) in [6.07, 6.45) is 7.14. The maximum absolute atomic E-state index is 9.98. The second-order valence-electron chi connectivity index (χ2n) is 9.71. The number of phenols is 1. The van der Waals surface area contributed by atoms with E-state index in [1.54, 1.807) is 12.1 Å². The van der Waals surface area contributed by atoms with Gasteiger partial charge in [0.05, 0.1) is 0 Å². The maximum Gasteiger partial charge on any atom is 0.241 e. The van der Waals surface area contributed by atoms with Gasteiger partial charge in [0.2, 0.25) is 17.8 Å². The van der Waals surface area contributed by atoms with Crippen molar-refractivity contribution in [3.8, 4) is 5.75 Å². The minimum absolute atomic E-state index is 0. The molecule has 41 heavy (non-hydrogen) atoms. The van der Waals surface area contributed by atoms with Crippen molar-refractivity contribution in [2.75, 3.05) is 40.9 Å². The van der Waals surface area contributed by atoms with Crippen LogP contribution < -0.4 is 39.3 Å². The van der Waals surface area contributed by atoms with E-state index in [9.17, 15) is 5.11 Å². The first-order chi connectivity index (χ1) is 17.7. The van der Waals surface area contributed by atoms with E-state index < -0.39 is 0 Å². The molecular weight excluding hydrogens is 540 g/mol. The predicted molar refractivity (Wildman–Crippen MR) is 182 cm³/mol. The van der Waals surface area contributed by atoms with Crippen molar-refractivity contribution in [2.24, 2.45) is 0 Å². The molecule has 0 aliphatic carbocycles. The van der Waals surface area contributed by atoms with Gasteiger partial charge in [-0.15, -0.1) is 12.4 Å². The van der Waals surface area contributed by atoms with Gasteiger partial charge in [-0.3, -0.25) is 4.90 Å². The van der Waals surface area contributed by atoms with E-state index in [1.807, 2.05) is 12.1 Å². The number of aromatic hydroxyl groups is 1. The molecular formula is C29H53ClN10O. The summed E-state index contributed by atoms with van der Waals surface area (Å²) < 4.78 is 0. The molecule has 13 N–H and O–H groups in total. The number of nitrogens with zero attached hydrogens (tertiary/aromatic N) is 6. The zero-order valence-electron chi connectivity index (χ0n) is 23.8. The number of phenolic OH excluding ortho intramolecular Hbond substituents is 1. The predicted octanol–water partition coefficient (Wildman–Crippen LogP) is 8.23. The Bertz CT molecular complexity index is 1330. The molecule has 0 bridgehead atoms. The quantitative estimate of drug-likeness (QED) is 0.149. The number of anilines is 5. The lowest BCUT2D eigenvalue weighted by Gasteiger charge is -2.32. The number of halogens is 1. The highest BCUT2D eigenvalue weighted by molar-refractivity contribution is 5.88. The van der Waals surface area contributed by atoms with Crippen LogP contribution in [0, 0.1) is 0 Å². The van der Waals surface area contributed by atoms with Crippen molar-refractivity contribution in [1.82, 2.24) is 39.6 Å². The number of rotatable bonds is 5. The Kier molecular flexibility index (Phi) is 13.7. The third kappa shape index (κ3) is 7.72. The van der Waals surface area contributed by atoms with Crippen LogP contribution in [0.2, 0.25) is 0 Å². The van der Waals surface area contributed by atoms with E-state index in [2.05, 4.69) is 57.2 Å². The third-order valence-corrected chi connectivity index (χ3v) is 7.18. The normalized spacial score (nSPS) is 14.3. The smallest absolute Gasteiger partial charge is 0.241 e. The average molecular weight is 593 g/mol. The van der Waals surface area contributed by atoms with Crippen molar-refractivity contribution in [2.45, 2.75) is 38.5 Å². The van der Waals surface area contributed by atoms with E-state index in [0.29, 0.717) is 5.95 Å². The summed E-state index contributed by atoms with van der Waals surface area (Å²) in [6.45, 7) is 3.88. The fourth-order valence-corrected chi connectivity index (χ4v) is 5.21. The van der Waals surface area contributed by atoms with Crippen LogP contribution in [0.5, 0.6) is 5.75 Å². The highest BCUT2D eigenvalue weighted by Crippen LogP contribution is 2.36. The fourth-order valence-electron chi connectivity index (χ4n) is 5.21. The molecule has 3 heterocycles. The molecule has 0 spiro atoms. The van der Waals surface area contributed by atoms with E-state index >= 15 is 0 Å². The summed E-state index contributed by atoms with van der Waals surface area (Å²) in [7, 11) is 0. The van der Waals surface area contributed by atoms with Crippen LogP contribution in [0.25, 0.3) is 10.8 Å². The van der Waals surface area contributed by atoms with Crippen molar-refractivity contribution in [3.63, 3.8) is 0 Å². The van der Waals surface area contributed by atoms with Crippen molar-refractivity contribution >= 4 is 52.4 Å². The van der Waals surface area contributed by atoms with Crippen LogP contribution in [0.4, 0.5) is 29.2 Å². The van der Waals surface area contributed by atoms with Gasteiger partial charge in [0.15, 0.2) is 0 Å². The zero-order chi connectivity index (χ0) is 24.3. The van der Waals surface area contributed by atoms with Crippen molar-refractivity contribution in [3.05, 3.63) is 66.7 Å². The molecule has 11 nitrogen and oxygen atoms in total. The number of benzene rings is 3. The van der Waals surface area contributed by atoms with Gasteiger partial charge in [-0.1, -0.05) is 30.3 Å².